The van der Waals surface area contributed by atoms with E-state index in [0.29, 0.717) is 45.2 Å². The van der Waals surface area contributed by atoms with Crippen molar-refractivity contribution in [3.63, 3.8) is 0 Å². The minimum atomic E-state index is -0.820. The highest BCUT2D eigenvalue weighted by Crippen LogP contribution is 2.35. The van der Waals surface area contributed by atoms with Crippen molar-refractivity contribution in [3.05, 3.63) is 108 Å². The topological polar surface area (TPSA) is 91.0 Å². The van der Waals surface area contributed by atoms with Crippen LogP contribution in [0.15, 0.2) is 91.0 Å². The summed E-state index contributed by atoms with van der Waals surface area (Å²) < 4.78 is 5.28. The van der Waals surface area contributed by atoms with E-state index in [0.717, 1.165) is 43.6 Å². The Kier molecular flexibility index (Phi) is 12.8. The van der Waals surface area contributed by atoms with Crippen molar-refractivity contribution in [2.24, 2.45) is 0 Å². The number of aryl methyl sites for hydroxylation is 1. The van der Waals surface area contributed by atoms with Crippen molar-refractivity contribution in [2.45, 2.75) is 88.9 Å². The summed E-state index contributed by atoms with van der Waals surface area (Å²) in [5, 5.41) is 5.90. The Labute approximate surface area is 279 Å². The van der Waals surface area contributed by atoms with Gasteiger partial charge in [0.25, 0.3) is 0 Å². The molecule has 3 aromatic rings. The number of piperazine rings is 1. The molecule has 2 saturated heterocycles. The molecule has 0 bridgehead atoms. The summed E-state index contributed by atoms with van der Waals surface area (Å²) in [5.74, 6) is -0.0308. The molecule has 47 heavy (non-hydrogen) atoms. The lowest BCUT2D eigenvalue weighted by Crippen LogP contribution is -2.72. The maximum Gasteiger partial charge on any atom is 0.407 e. The first-order valence-electron chi connectivity index (χ1n) is 17.4. The Morgan fingerprint density at radius 2 is 1.38 bits per heavy atom. The summed E-state index contributed by atoms with van der Waals surface area (Å²) in [4.78, 5) is 44.3. The van der Waals surface area contributed by atoms with Gasteiger partial charge in [0.1, 0.15) is 18.2 Å². The predicted octanol–water partition coefficient (Wildman–Crippen LogP) is 6.25. The number of likely N-dealkylation sites (tertiary alicyclic amines) is 1. The van der Waals surface area contributed by atoms with Crippen LogP contribution in [-0.2, 0) is 33.9 Å². The Hall–Kier alpha value is -4.17. The smallest absolute Gasteiger partial charge is 0.407 e. The highest BCUT2D eigenvalue weighted by Gasteiger charge is 2.53. The van der Waals surface area contributed by atoms with Gasteiger partial charge >= 0.3 is 6.09 Å². The molecule has 0 aromatic heterocycles. The summed E-state index contributed by atoms with van der Waals surface area (Å²) in [7, 11) is 0. The van der Waals surface area contributed by atoms with Gasteiger partial charge in [-0.2, -0.15) is 0 Å². The fourth-order valence-corrected chi connectivity index (χ4v) is 6.81. The molecule has 5 rings (SSSR count). The highest BCUT2D eigenvalue weighted by molar-refractivity contribution is 6.00. The molecule has 8 heteroatoms. The van der Waals surface area contributed by atoms with E-state index in [2.05, 4.69) is 45.9 Å². The number of ether oxygens (including phenoxy) is 1. The van der Waals surface area contributed by atoms with Crippen LogP contribution in [-0.4, -0.2) is 65.5 Å². The largest absolute Gasteiger partial charge is 0.445 e. The van der Waals surface area contributed by atoms with E-state index < -0.39 is 17.7 Å². The zero-order valence-corrected chi connectivity index (χ0v) is 27.6. The molecule has 2 aliphatic heterocycles. The normalized spacial score (nSPS) is 17.8. The molecule has 0 saturated carbocycles. The first-order valence-corrected chi connectivity index (χ1v) is 17.4. The van der Waals surface area contributed by atoms with Gasteiger partial charge in [-0.25, -0.2) is 4.79 Å². The Morgan fingerprint density at radius 3 is 2.06 bits per heavy atom. The van der Waals surface area contributed by atoms with Crippen LogP contribution in [0.2, 0.25) is 0 Å². The van der Waals surface area contributed by atoms with Gasteiger partial charge in [0.05, 0.1) is 0 Å². The number of rotatable bonds is 16. The van der Waals surface area contributed by atoms with Gasteiger partial charge in [-0.3, -0.25) is 9.59 Å². The number of hydrogen-bond acceptors (Lipinski definition) is 5. The molecule has 8 nitrogen and oxygen atoms in total. The second-order valence-corrected chi connectivity index (χ2v) is 12.9. The monoisotopic (exact) mass is 638 g/mol. The third-order valence-corrected chi connectivity index (χ3v) is 9.61. The molecular formula is C39H50N4O4. The van der Waals surface area contributed by atoms with E-state index in [-0.39, 0.29) is 18.4 Å². The number of carbonyl (C=O) groups excluding carboxylic acids is 3. The fraction of sp³-hybridized carbons (Fsp3) is 0.462. The summed E-state index contributed by atoms with van der Waals surface area (Å²) in [5.41, 5.74) is 2.55. The molecule has 3 aromatic carbocycles. The lowest BCUT2D eigenvalue weighted by atomic mass is 9.81. The first kappa shape index (κ1) is 34.2. The number of amides is 3. The zero-order valence-electron chi connectivity index (χ0n) is 27.6. The Balaban J connectivity index is 1.07. The van der Waals surface area contributed by atoms with Crippen molar-refractivity contribution >= 4 is 17.9 Å². The second-order valence-electron chi connectivity index (χ2n) is 12.9. The van der Waals surface area contributed by atoms with E-state index in [1.165, 1.54) is 24.8 Å². The molecule has 0 radical (unpaired) electrons. The van der Waals surface area contributed by atoms with Crippen LogP contribution in [0.4, 0.5) is 4.79 Å². The quantitative estimate of drug-likeness (QED) is 0.181. The van der Waals surface area contributed by atoms with Gasteiger partial charge in [-0.15, -0.1) is 0 Å². The van der Waals surface area contributed by atoms with E-state index in [1.54, 1.807) is 0 Å². The molecule has 2 N–H and O–H groups in total. The zero-order chi connectivity index (χ0) is 32.7. The van der Waals surface area contributed by atoms with E-state index in [9.17, 15) is 14.4 Å². The highest BCUT2D eigenvalue weighted by atomic mass is 16.5. The Morgan fingerprint density at radius 1 is 0.766 bits per heavy atom. The van der Waals surface area contributed by atoms with Crippen molar-refractivity contribution in [1.29, 1.82) is 0 Å². The lowest BCUT2D eigenvalue weighted by Gasteiger charge is -2.51. The number of carbonyl (C=O) groups is 3. The number of alkyl carbamates (subject to hydrolysis) is 1. The van der Waals surface area contributed by atoms with Gasteiger partial charge in [-0.1, -0.05) is 104 Å². The van der Waals surface area contributed by atoms with Gasteiger partial charge in [-0.05, 0) is 74.6 Å². The van der Waals surface area contributed by atoms with E-state index in [1.807, 2.05) is 65.6 Å². The van der Waals surface area contributed by atoms with Crippen molar-refractivity contribution in [3.8, 4) is 0 Å². The van der Waals surface area contributed by atoms with Gasteiger partial charge < -0.3 is 25.2 Å². The number of nitrogens with one attached hydrogen (secondary N) is 2. The molecule has 250 valence electrons. The lowest BCUT2D eigenvalue weighted by molar-refractivity contribution is -0.162. The second kappa shape index (κ2) is 17.7. The summed E-state index contributed by atoms with van der Waals surface area (Å²) in [6, 6.07) is 29.7. The molecule has 1 spiro atoms. The van der Waals surface area contributed by atoms with Crippen molar-refractivity contribution < 1.29 is 19.1 Å². The van der Waals surface area contributed by atoms with Gasteiger partial charge in [0.15, 0.2) is 0 Å². The maximum absolute atomic E-state index is 14.0. The number of benzene rings is 3. The number of unbranched alkanes of at least 4 members (excludes halogenated alkanes) is 4. The molecular weight excluding hydrogens is 588 g/mol. The molecule has 2 aliphatic rings. The summed E-state index contributed by atoms with van der Waals surface area (Å²) >= 11 is 0. The van der Waals surface area contributed by atoms with Crippen LogP contribution < -0.4 is 10.6 Å². The van der Waals surface area contributed by atoms with Crippen LogP contribution in [0.1, 0.15) is 74.5 Å². The summed E-state index contributed by atoms with van der Waals surface area (Å²) in [6.45, 7) is 3.76. The van der Waals surface area contributed by atoms with Crippen molar-refractivity contribution in [1.82, 2.24) is 20.4 Å². The van der Waals surface area contributed by atoms with E-state index >= 15 is 0 Å². The Bertz CT molecular complexity index is 1390. The molecule has 2 fully saturated rings. The number of piperidine rings is 1. The minimum Gasteiger partial charge on any atom is -0.445 e. The number of nitrogens with zero attached hydrogens (tertiary/aromatic N) is 2. The van der Waals surface area contributed by atoms with Gasteiger partial charge in [0, 0.05) is 26.2 Å². The summed E-state index contributed by atoms with van der Waals surface area (Å²) in [6.07, 6.45) is 8.68. The van der Waals surface area contributed by atoms with Crippen LogP contribution in [0.3, 0.4) is 0 Å². The average molecular weight is 639 g/mol. The van der Waals surface area contributed by atoms with E-state index in [4.69, 9.17) is 4.74 Å². The SMILES string of the molecule is O=C(NCCCCC1NC(=O)C2(CCN(CCCCCCc3ccccc3)CC2)N(Cc2ccccc2)C1=O)OCc1ccccc1. The van der Waals surface area contributed by atoms with Crippen molar-refractivity contribution in [2.75, 3.05) is 26.2 Å². The molecule has 0 aliphatic carbocycles. The maximum atomic E-state index is 14.0. The van der Waals surface area contributed by atoms with Crippen LogP contribution in [0.5, 0.6) is 0 Å². The number of hydrogen-bond donors (Lipinski definition) is 2. The molecule has 3 amide bonds. The molecule has 1 unspecified atom stereocenters. The fourth-order valence-electron chi connectivity index (χ4n) is 6.81. The van der Waals surface area contributed by atoms with Crippen LogP contribution >= 0.6 is 0 Å². The first-order chi connectivity index (χ1) is 23.0. The van der Waals surface area contributed by atoms with Crippen LogP contribution in [0, 0.1) is 0 Å². The van der Waals surface area contributed by atoms with Gasteiger partial charge in [0.2, 0.25) is 11.8 Å². The third kappa shape index (κ3) is 9.91. The molecule has 1 atom stereocenters. The third-order valence-electron chi connectivity index (χ3n) is 9.61. The molecule has 2 heterocycles. The van der Waals surface area contributed by atoms with Crippen LogP contribution in [0.25, 0.3) is 0 Å². The average Bonchev–Trinajstić information content (AvgIpc) is 3.11. The predicted molar refractivity (Wildman–Crippen MR) is 184 cm³/mol. The standard InChI is InChI=1S/C39H50N4O4/c44-36-35(23-13-14-26-40-38(46)47-31-34-21-11-5-12-22-34)41-37(45)39(43(36)30-33-19-9-4-10-20-33)24-28-42(29-25-39)27-15-2-1-6-16-32-17-7-3-8-18-32/h3-5,7-12,17-22,35H,1-2,6,13-16,23-31H2,(H,40,46)(H,41,45). The minimum absolute atomic E-state index is 0.00412.